The summed E-state index contributed by atoms with van der Waals surface area (Å²) in [6.07, 6.45) is 0. The molecule has 150 valence electrons. The van der Waals surface area contributed by atoms with Gasteiger partial charge < -0.3 is 14.4 Å². The van der Waals surface area contributed by atoms with Crippen LogP contribution in [0.2, 0.25) is 5.02 Å². The van der Waals surface area contributed by atoms with Gasteiger partial charge in [-0.1, -0.05) is 35.9 Å². The highest BCUT2D eigenvalue weighted by Crippen LogP contribution is 2.29. The molecule has 0 saturated heterocycles. The quantitative estimate of drug-likeness (QED) is 0.440. The number of aromatic nitrogens is 4. The van der Waals surface area contributed by atoms with E-state index in [9.17, 15) is 0 Å². The third kappa shape index (κ3) is 3.89. The number of nitrogens with zero attached hydrogens (tertiary/aromatic N) is 5. The second-order valence-electron chi connectivity index (χ2n) is 6.61. The van der Waals surface area contributed by atoms with Crippen LogP contribution in [-0.2, 0) is 9.47 Å². The third-order valence-corrected chi connectivity index (χ3v) is 5.03. The van der Waals surface area contributed by atoms with Gasteiger partial charge in [0.15, 0.2) is 17.3 Å². The maximum Gasteiger partial charge on any atom is 0.186 e. The normalized spacial score (nSPS) is 11.4. The summed E-state index contributed by atoms with van der Waals surface area (Å²) in [5.74, 6) is 1.51. The van der Waals surface area contributed by atoms with Gasteiger partial charge in [0.05, 0.1) is 13.2 Å². The molecule has 0 saturated carbocycles. The first-order chi connectivity index (χ1) is 14.2. The van der Waals surface area contributed by atoms with E-state index in [0.29, 0.717) is 42.8 Å². The fourth-order valence-corrected chi connectivity index (χ4v) is 3.43. The van der Waals surface area contributed by atoms with Gasteiger partial charge in [0.25, 0.3) is 0 Å². The van der Waals surface area contributed by atoms with Crippen molar-refractivity contribution in [1.29, 1.82) is 0 Å². The summed E-state index contributed by atoms with van der Waals surface area (Å²) in [5.41, 5.74) is 1.61. The minimum Gasteiger partial charge on any atom is -0.383 e. The molecule has 0 unspecified atom stereocenters. The fourth-order valence-electron chi connectivity index (χ4n) is 3.30. The Bertz CT molecular complexity index is 1110. The van der Waals surface area contributed by atoms with E-state index in [1.54, 1.807) is 18.7 Å². The van der Waals surface area contributed by atoms with E-state index in [2.05, 4.69) is 21.2 Å². The molecule has 0 radical (unpaired) electrons. The van der Waals surface area contributed by atoms with Crippen molar-refractivity contribution >= 4 is 33.8 Å². The van der Waals surface area contributed by atoms with Crippen LogP contribution in [0.1, 0.15) is 0 Å². The minimum absolute atomic E-state index is 0.587. The molecule has 0 amide bonds. The number of rotatable bonds is 8. The molecule has 0 atom stereocenters. The summed E-state index contributed by atoms with van der Waals surface area (Å²) in [6.45, 7) is 2.56. The van der Waals surface area contributed by atoms with E-state index in [0.717, 1.165) is 22.2 Å². The summed E-state index contributed by atoms with van der Waals surface area (Å²) in [7, 11) is 3.39. The lowest BCUT2D eigenvalue weighted by molar-refractivity contribution is 0.190. The Balaban J connectivity index is 1.92. The lowest BCUT2D eigenvalue weighted by Crippen LogP contribution is -2.32. The highest BCUT2D eigenvalue weighted by Gasteiger charge is 2.19. The monoisotopic (exact) mass is 411 g/mol. The molecule has 0 fully saturated rings. The smallest absolute Gasteiger partial charge is 0.186 e. The molecule has 2 heterocycles. The summed E-state index contributed by atoms with van der Waals surface area (Å²) in [5, 5.41) is 16.5. The number of benzene rings is 2. The average molecular weight is 412 g/mol. The number of anilines is 1. The van der Waals surface area contributed by atoms with Crippen molar-refractivity contribution in [3.8, 4) is 11.4 Å². The maximum atomic E-state index is 6.04. The van der Waals surface area contributed by atoms with Gasteiger partial charge in [0, 0.05) is 48.7 Å². The van der Waals surface area contributed by atoms with Crippen LogP contribution in [-0.4, -0.2) is 60.3 Å². The Kier molecular flexibility index (Phi) is 5.89. The van der Waals surface area contributed by atoms with Gasteiger partial charge in [-0.25, -0.2) is 0 Å². The van der Waals surface area contributed by atoms with Crippen LogP contribution in [0.25, 0.3) is 27.8 Å². The molecular formula is C21H22ClN5O2. The zero-order valence-electron chi connectivity index (χ0n) is 16.4. The molecule has 0 spiro atoms. The van der Waals surface area contributed by atoms with Gasteiger partial charge >= 0.3 is 0 Å². The van der Waals surface area contributed by atoms with E-state index >= 15 is 0 Å². The molecule has 2 aromatic carbocycles. The van der Waals surface area contributed by atoms with Crippen molar-refractivity contribution in [2.75, 3.05) is 45.4 Å². The largest absolute Gasteiger partial charge is 0.383 e. The number of hydrogen-bond donors (Lipinski definition) is 0. The third-order valence-electron chi connectivity index (χ3n) is 4.78. The molecule has 0 aliphatic heterocycles. The Hall–Kier alpha value is -2.74. The number of methoxy groups -OCH3 is 2. The lowest BCUT2D eigenvalue weighted by atomic mass is 10.1. The van der Waals surface area contributed by atoms with Crippen LogP contribution in [0.4, 0.5) is 5.82 Å². The van der Waals surface area contributed by atoms with Gasteiger partial charge in [-0.2, -0.15) is 4.52 Å². The van der Waals surface area contributed by atoms with Gasteiger partial charge in [-0.15, -0.1) is 15.3 Å². The predicted molar refractivity (Wildman–Crippen MR) is 115 cm³/mol. The van der Waals surface area contributed by atoms with Crippen LogP contribution in [0.5, 0.6) is 0 Å². The minimum atomic E-state index is 0.587. The van der Waals surface area contributed by atoms with Gasteiger partial charge in [-0.3, -0.25) is 0 Å². The van der Waals surface area contributed by atoms with E-state index < -0.39 is 0 Å². The van der Waals surface area contributed by atoms with Gasteiger partial charge in [0.2, 0.25) is 0 Å². The second-order valence-corrected chi connectivity index (χ2v) is 7.04. The highest BCUT2D eigenvalue weighted by molar-refractivity contribution is 6.30. The van der Waals surface area contributed by atoms with Crippen molar-refractivity contribution in [3.05, 3.63) is 53.6 Å². The molecule has 4 rings (SSSR count). The second kappa shape index (κ2) is 8.73. The Labute approximate surface area is 173 Å². The molecule has 8 heteroatoms. The topological polar surface area (TPSA) is 64.8 Å². The van der Waals surface area contributed by atoms with Crippen molar-refractivity contribution < 1.29 is 9.47 Å². The van der Waals surface area contributed by atoms with Crippen LogP contribution in [0.15, 0.2) is 48.5 Å². The molecule has 4 aromatic rings. The van der Waals surface area contributed by atoms with E-state index in [1.807, 2.05) is 42.5 Å². The highest BCUT2D eigenvalue weighted by atomic mass is 35.5. The van der Waals surface area contributed by atoms with Crippen molar-refractivity contribution in [2.24, 2.45) is 0 Å². The Morgan fingerprint density at radius 1 is 0.897 bits per heavy atom. The maximum absolute atomic E-state index is 6.04. The Morgan fingerprint density at radius 3 is 2.21 bits per heavy atom. The number of halogens is 1. The average Bonchev–Trinajstić information content (AvgIpc) is 3.18. The number of hydrogen-bond acceptors (Lipinski definition) is 6. The summed E-state index contributed by atoms with van der Waals surface area (Å²) >= 11 is 6.04. The van der Waals surface area contributed by atoms with Crippen molar-refractivity contribution in [3.63, 3.8) is 0 Å². The molecule has 0 N–H and O–H groups in total. The first kappa shape index (κ1) is 19.6. The Morgan fingerprint density at radius 2 is 1.55 bits per heavy atom. The van der Waals surface area contributed by atoms with E-state index in [4.69, 9.17) is 26.2 Å². The van der Waals surface area contributed by atoms with Crippen LogP contribution < -0.4 is 4.90 Å². The predicted octanol–water partition coefficient (Wildman–Crippen LogP) is 3.70. The first-order valence-corrected chi connectivity index (χ1v) is 9.73. The van der Waals surface area contributed by atoms with E-state index in [1.165, 1.54) is 0 Å². The van der Waals surface area contributed by atoms with Crippen molar-refractivity contribution in [1.82, 2.24) is 19.8 Å². The van der Waals surface area contributed by atoms with Crippen LogP contribution >= 0.6 is 11.6 Å². The van der Waals surface area contributed by atoms with Crippen LogP contribution in [0.3, 0.4) is 0 Å². The van der Waals surface area contributed by atoms with Crippen molar-refractivity contribution in [2.45, 2.75) is 0 Å². The lowest BCUT2D eigenvalue weighted by Gasteiger charge is -2.24. The van der Waals surface area contributed by atoms with Crippen LogP contribution in [0, 0.1) is 0 Å². The summed E-state index contributed by atoms with van der Waals surface area (Å²) in [6, 6.07) is 15.6. The molecular weight excluding hydrogens is 390 g/mol. The summed E-state index contributed by atoms with van der Waals surface area (Å²) in [4.78, 5) is 2.17. The fraction of sp³-hybridized carbons (Fsp3) is 0.286. The molecule has 7 nitrogen and oxygen atoms in total. The first-order valence-electron chi connectivity index (χ1n) is 9.36. The molecule has 0 aliphatic rings. The number of ether oxygens (including phenoxy) is 2. The van der Waals surface area contributed by atoms with E-state index in [-0.39, 0.29) is 0 Å². The molecule has 0 bridgehead atoms. The molecule has 29 heavy (non-hydrogen) atoms. The zero-order valence-corrected chi connectivity index (χ0v) is 17.1. The molecule has 0 aliphatic carbocycles. The number of fused-ring (bicyclic) bond motifs is 3. The zero-order chi connectivity index (χ0) is 20.2. The summed E-state index contributed by atoms with van der Waals surface area (Å²) < 4.78 is 12.4. The molecule has 2 aromatic heterocycles. The SMILES string of the molecule is COCCN(CCOC)c1nn2c(-c3ccc(Cl)cc3)nnc2c2ccccc12. The van der Waals surface area contributed by atoms with Gasteiger partial charge in [-0.05, 0) is 24.3 Å². The van der Waals surface area contributed by atoms with Gasteiger partial charge in [0.1, 0.15) is 0 Å². The standard InChI is InChI=1S/C21H22ClN5O2/c1-28-13-11-26(12-14-29-2)21-18-6-4-3-5-17(18)20-24-23-19(27(20)25-21)15-7-9-16(22)10-8-15/h3-10H,11-14H2,1-2H3.